The summed E-state index contributed by atoms with van der Waals surface area (Å²) in [6, 6.07) is 4.26. The molecule has 1 rings (SSSR count). The summed E-state index contributed by atoms with van der Waals surface area (Å²) in [6.07, 6.45) is 3.80. The third-order valence-corrected chi connectivity index (χ3v) is 2.93. The van der Waals surface area contributed by atoms with Crippen LogP contribution >= 0.6 is 0 Å². The van der Waals surface area contributed by atoms with Crippen molar-refractivity contribution < 1.29 is 4.74 Å². The average Bonchev–Trinajstić information content (AvgIpc) is 2.37. The third-order valence-electron chi connectivity index (χ3n) is 2.93. The van der Waals surface area contributed by atoms with Gasteiger partial charge in [-0.25, -0.2) is 0 Å². The molecule has 3 N–H and O–H groups in total. The molecule has 4 heteroatoms. The monoisotopic (exact) mass is 237 g/mol. The van der Waals surface area contributed by atoms with Gasteiger partial charge < -0.3 is 4.74 Å². The van der Waals surface area contributed by atoms with Crippen LogP contribution in [0, 0.1) is 0 Å². The molecular weight excluding hydrogens is 214 g/mol. The van der Waals surface area contributed by atoms with Gasteiger partial charge in [-0.05, 0) is 31.9 Å². The van der Waals surface area contributed by atoms with Crippen LogP contribution in [0.5, 0.6) is 0 Å². The molecule has 0 saturated carbocycles. The zero-order valence-corrected chi connectivity index (χ0v) is 10.9. The van der Waals surface area contributed by atoms with Crippen molar-refractivity contribution >= 4 is 0 Å². The summed E-state index contributed by atoms with van der Waals surface area (Å²) in [5.41, 5.74) is 5.09. The van der Waals surface area contributed by atoms with Crippen molar-refractivity contribution in [3.8, 4) is 0 Å². The van der Waals surface area contributed by atoms with Crippen LogP contribution in [0.15, 0.2) is 18.3 Å². The number of nitrogens with zero attached hydrogens (tertiary/aromatic N) is 1. The van der Waals surface area contributed by atoms with Crippen molar-refractivity contribution in [2.24, 2.45) is 5.84 Å². The van der Waals surface area contributed by atoms with Crippen LogP contribution in [0.3, 0.4) is 0 Å². The van der Waals surface area contributed by atoms with Crippen molar-refractivity contribution in [1.29, 1.82) is 0 Å². The summed E-state index contributed by atoms with van der Waals surface area (Å²) >= 11 is 0. The van der Waals surface area contributed by atoms with E-state index in [4.69, 9.17) is 10.6 Å². The zero-order valence-electron chi connectivity index (χ0n) is 10.9. The predicted molar refractivity (Wildman–Crippen MR) is 69.5 cm³/mol. The van der Waals surface area contributed by atoms with Crippen molar-refractivity contribution in [3.05, 3.63) is 29.6 Å². The molecule has 1 aromatic rings. The fraction of sp³-hybridized carbons (Fsp3) is 0.615. The average molecular weight is 237 g/mol. The van der Waals surface area contributed by atoms with Crippen LogP contribution in [0.4, 0.5) is 0 Å². The minimum atomic E-state index is 0.0812. The Morgan fingerprint density at radius 1 is 1.41 bits per heavy atom. The van der Waals surface area contributed by atoms with Crippen LogP contribution in [0.1, 0.15) is 32.0 Å². The number of aromatic nitrogens is 1. The van der Waals surface area contributed by atoms with Gasteiger partial charge in [0, 0.05) is 24.9 Å². The number of hydrogen-bond donors (Lipinski definition) is 2. The van der Waals surface area contributed by atoms with Crippen LogP contribution in [-0.2, 0) is 17.6 Å². The second-order valence-electron chi connectivity index (χ2n) is 4.15. The van der Waals surface area contributed by atoms with E-state index in [0.717, 1.165) is 18.5 Å². The minimum absolute atomic E-state index is 0.0812. The highest BCUT2D eigenvalue weighted by atomic mass is 16.5. The second kappa shape index (κ2) is 7.37. The van der Waals surface area contributed by atoms with Gasteiger partial charge in [0.2, 0.25) is 0 Å². The number of nitrogens with two attached hydrogens (primary N) is 1. The Hall–Kier alpha value is -0.970. The van der Waals surface area contributed by atoms with Crippen molar-refractivity contribution in [2.75, 3.05) is 6.61 Å². The summed E-state index contributed by atoms with van der Waals surface area (Å²) in [7, 11) is 0. The standard InChI is InChI=1S/C13H23N3O/c1-4-11-6-7-12(15-9-11)8-13(16-14)10(3)17-5-2/h6-7,9-10,13,16H,4-5,8,14H2,1-3H3. The lowest BCUT2D eigenvalue weighted by Gasteiger charge is -2.22. The molecule has 0 spiro atoms. The highest BCUT2D eigenvalue weighted by Crippen LogP contribution is 2.07. The molecular formula is C13H23N3O. The van der Waals surface area contributed by atoms with Crippen molar-refractivity contribution in [3.63, 3.8) is 0 Å². The fourth-order valence-electron chi connectivity index (χ4n) is 1.75. The molecule has 0 aliphatic heterocycles. The van der Waals surface area contributed by atoms with E-state index in [1.54, 1.807) is 0 Å². The molecule has 4 nitrogen and oxygen atoms in total. The molecule has 1 aromatic heterocycles. The van der Waals surface area contributed by atoms with Gasteiger partial charge in [-0.15, -0.1) is 0 Å². The van der Waals surface area contributed by atoms with E-state index < -0.39 is 0 Å². The highest BCUT2D eigenvalue weighted by Gasteiger charge is 2.16. The molecule has 2 unspecified atom stereocenters. The molecule has 0 saturated heterocycles. The first-order chi connectivity index (χ1) is 8.21. The molecule has 0 amide bonds. The van der Waals surface area contributed by atoms with Gasteiger partial charge in [-0.1, -0.05) is 13.0 Å². The SMILES string of the molecule is CCOC(C)C(Cc1ccc(CC)cn1)NN. The highest BCUT2D eigenvalue weighted by molar-refractivity contribution is 5.14. The maximum atomic E-state index is 5.55. The first-order valence-corrected chi connectivity index (χ1v) is 6.22. The first kappa shape index (κ1) is 14.1. The molecule has 0 aromatic carbocycles. The molecule has 0 bridgehead atoms. The topological polar surface area (TPSA) is 60.2 Å². The number of rotatable bonds is 7. The van der Waals surface area contributed by atoms with Crippen LogP contribution in [0.25, 0.3) is 0 Å². The maximum absolute atomic E-state index is 5.55. The lowest BCUT2D eigenvalue weighted by molar-refractivity contribution is 0.0474. The largest absolute Gasteiger partial charge is 0.377 e. The van der Waals surface area contributed by atoms with Gasteiger partial charge in [-0.2, -0.15) is 0 Å². The quantitative estimate of drug-likeness (QED) is 0.556. The Bertz CT molecular complexity index is 313. The Morgan fingerprint density at radius 2 is 2.18 bits per heavy atom. The smallest absolute Gasteiger partial charge is 0.0717 e. The minimum Gasteiger partial charge on any atom is -0.377 e. The van der Waals surface area contributed by atoms with E-state index >= 15 is 0 Å². The van der Waals surface area contributed by atoms with E-state index in [2.05, 4.69) is 29.5 Å². The Kier molecular flexibility index (Phi) is 6.11. The first-order valence-electron chi connectivity index (χ1n) is 6.22. The summed E-state index contributed by atoms with van der Waals surface area (Å²) in [5.74, 6) is 5.55. The number of aryl methyl sites for hydroxylation is 1. The third kappa shape index (κ3) is 4.42. The maximum Gasteiger partial charge on any atom is 0.0717 e. The normalized spacial score (nSPS) is 14.6. The molecule has 0 aliphatic carbocycles. The van der Waals surface area contributed by atoms with E-state index in [0.29, 0.717) is 6.61 Å². The molecule has 0 radical (unpaired) electrons. The Morgan fingerprint density at radius 3 is 2.65 bits per heavy atom. The molecule has 17 heavy (non-hydrogen) atoms. The van der Waals surface area contributed by atoms with Gasteiger partial charge in [0.15, 0.2) is 0 Å². The Labute approximate surface area is 104 Å². The lowest BCUT2D eigenvalue weighted by atomic mass is 10.1. The van der Waals surface area contributed by atoms with Crippen LogP contribution in [0.2, 0.25) is 0 Å². The van der Waals surface area contributed by atoms with Gasteiger partial charge >= 0.3 is 0 Å². The van der Waals surface area contributed by atoms with Crippen molar-refractivity contribution in [2.45, 2.75) is 45.8 Å². The summed E-state index contributed by atoms with van der Waals surface area (Å²) in [5, 5.41) is 0. The summed E-state index contributed by atoms with van der Waals surface area (Å²) in [6.45, 7) is 6.83. The molecule has 96 valence electrons. The zero-order chi connectivity index (χ0) is 12.7. The van der Waals surface area contributed by atoms with E-state index in [9.17, 15) is 0 Å². The van der Waals surface area contributed by atoms with Gasteiger partial charge in [-0.3, -0.25) is 16.3 Å². The van der Waals surface area contributed by atoms with Crippen molar-refractivity contribution in [1.82, 2.24) is 10.4 Å². The van der Waals surface area contributed by atoms with Gasteiger partial charge in [0.1, 0.15) is 0 Å². The number of hydrogen-bond acceptors (Lipinski definition) is 4. The van der Waals surface area contributed by atoms with E-state index in [1.807, 2.05) is 20.0 Å². The van der Waals surface area contributed by atoms with E-state index in [-0.39, 0.29) is 12.1 Å². The molecule has 0 fully saturated rings. The lowest BCUT2D eigenvalue weighted by Crippen LogP contribution is -2.45. The summed E-state index contributed by atoms with van der Waals surface area (Å²) in [4.78, 5) is 4.43. The predicted octanol–water partition coefficient (Wildman–Crippen LogP) is 1.44. The molecule has 2 atom stereocenters. The van der Waals surface area contributed by atoms with Crippen LogP contribution < -0.4 is 11.3 Å². The second-order valence-corrected chi connectivity index (χ2v) is 4.15. The fourth-order valence-corrected chi connectivity index (χ4v) is 1.75. The van der Waals surface area contributed by atoms with E-state index in [1.165, 1.54) is 5.56 Å². The van der Waals surface area contributed by atoms with Gasteiger partial charge in [0.05, 0.1) is 12.1 Å². The number of hydrazine groups is 1. The molecule has 0 aliphatic rings. The van der Waals surface area contributed by atoms with Gasteiger partial charge in [0.25, 0.3) is 0 Å². The summed E-state index contributed by atoms with van der Waals surface area (Å²) < 4.78 is 5.54. The number of ether oxygens (including phenoxy) is 1. The Balaban J connectivity index is 2.60. The number of pyridine rings is 1. The van der Waals surface area contributed by atoms with Crippen LogP contribution in [-0.4, -0.2) is 23.7 Å². The number of nitrogens with one attached hydrogen (secondary N) is 1. The molecule has 1 heterocycles.